The molecule has 2 heterocycles. The van der Waals surface area contributed by atoms with Crippen molar-refractivity contribution >= 4 is 45.4 Å². The Labute approximate surface area is 188 Å². The first-order valence-electron chi connectivity index (χ1n) is 9.92. The maximum Gasteiger partial charge on any atom is 0.336 e. The number of carbonyl (C=O) groups is 1. The summed E-state index contributed by atoms with van der Waals surface area (Å²) in [5, 5.41) is 13.8. The lowest BCUT2D eigenvalue weighted by Crippen LogP contribution is -2.21. The molecule has 1 unspecified atom stereocenters. The first-order valence-corrected chi connectivity index (χ1v) is 11.1. The number of benzene rings is 1. The van der Waals surface area contributed by atoms with Crippen molar-refractivity contribution in [2.75, 3.05) is 11.9 Å². The Kier molecular flexibility index (Phi) is 5.90. The fourth-order valence-electron chi connectivity index (χ4n) is 3.85. The molecule has 0 spiro atoms. The molecular weight excluding hydrogens is 432 g/mol. The SMILES string of the molecule is Cc1cc(=O)oc2cc(OCC(=O)Nc3sc(=S)c4c(c3C#N)CCC(C)C4)ccc12. The van der Waals surface area contributed by atoms with Crippen LogP contribution in [0.2, 0.25) is 0 Å². The molecule has 0 saturated heterocycles. The number of nitrogens with one attached hydrogen (secondary N) is 1. The Morgan fingerprint density at radius 2 is 2.19 bits per heavy atom. The van der Waals surface area contributed by atoms with Gasteiger partial charge in [0, 0.05) is 17.5 Å². The van der Waals surface area contributed by atoms with Gasteiger partial charge in [0.1, 0.15) is 22.4 Å². The van der Waals surface area contributed by atoms with Crippen LogP contribution >= 0.6 is 23.6 Å². The predicted molar refractivity (Wildman–Crippen MR) is 122 cm³/mol. The fraction of sp³-hybridized carbons (Fsp3) is 0.304. The number of amides is 1. The molecule has 1 N–H and O–H groups in total. The largest absolute Gasteiger partial charge is 0.484 e. The number of ether oxygens (including phenoxy) is 1. The lowest BCUT2D eigenvalue weighted by Gasteiger charge is -2.23. The highest BCUT2D eigenvalue weighted by molar-refractivity contribution is 7.73. The van der Waals surface area contributed by atoms with E-state index in [1.165, 1.54) is 17.4 Å². The van der Waals surface area contributed by atoms with Crippen molar-refractivity contribution in [2.45, 2.75) is 33.1 Å². The van der Waals surface area contributed by atoms with Gasteiger partial charge in [0.25, 0.3) is 5.91 Å². The zero-order chi connectivity index (χ0) is 22.1. The van der Waals surface area contributed by atoms with Crippen LogP contribution in [-0.4, -0.2) is 12.5 Å². The number of aryl methyl sites for hydroxylation is 1. The number of hydrogen-bond donors (Lipinski definition) is 1. The van der Waals surface area contributed by atoms with Crippen LogP contribution in [0.1, 0.15) is 35.6 Å². The van der Waals surface area contributed by atoms with Gasteiger partial charge in [-0.15, -0.1) is 11.3 Å². The quantitative estimate of drug-likeness (QED) is 0.447. The second kappa shape index (κ2) is 8.61. The zero-order valence-electron chi connectivity index (χ0n) is 17.1. The molecule has 1 aliphatic rings. The van der Waals surface area contributed by atoms with Gasteiger partial charge >= 0.3 is 5.63 Å². The number of fused-ring (bicyclic) bond motifs is 2. The highest BCUT2D eigenvalue weighted by Gasteiger charge is 2.23. The lowest BCUT2D eigenvalue weighted by atomic mass is 9.85. The third kappa shape index (κ3) is 4.38. The highest BCUT2D eigenvalue weighted by Crippen LogP contribution is 2.36. The van der Waals surface area contributed by atoms with Gasteiger partial charge in [-0.3, -0.25) is 4.79 Å². The molecule has 31 heavy (non-hydrogen) atoms. The summed E-state index contributed by atoms with van der Waals surface area (Å²) in [7, 11) is 0. The van der Waals surface area contributed by atoms with Gasteiger partial charge in [0.05, 0.1) is 9.39 Å². The molecule has 1 atom stereocenters. The Morgan fingerprint density at radius 1 is 1.39 bits per heavy atom. The van der Waals surface area contributed by atoms with Crippen molar-refractivity contribution in [1.29, 1.82) is 5.26 Å². The molecule has 6 nitrogen and oxygen atoms in total. The van der Waals surface area contributed by atoms with Gasteiger partial charge in [0.15, 0.2) is 6.61 Å². The van der Waals surface area contributed by atoms with Gasteiger partial charge in [-0.1, -0.05) is 19.1 Å². The number of nitrogens with zero attached hydrogens (tertiary/aromatic N) is 1. The van der Waals surface area contributed by atoms with Crippen molar-refractivity contribution in [3.05, 3.63) is 60.8 Å². The molecular formula is C23H20N2O4S2. The summed E-state index contributed by atoms with van der Waals surface area (Å²) in [6.45, 7) is 3.76. The summed E-state index contributed by atoms with van der Waals surface area (Å²) in [5.41, 5.74) is 3.29. The second-order valence-electron chi connectivity index (χ2n) is 7.75. The van der Waals surface area contributed by atoms with E-state index in [-0.39, 0.29) is 6.61 Å². The Morgan fingerprint density at radius 3 is 2.97 bits per heavy atom. The van der Waals surface area contributed by atoms with Crippen LogP contribution in [0.4, 0.5) is 5.00 Å². The highest BCUT2D eigenvalue weighted by atomic mass is 32.1. The van der Waals surface area contributed by atoms with Crippen LogP contribution < -0.4 is 15.7 Å². The molecule has 158 valence electrons. The second-order valence-corrected chi connectivity index (χ2v) is 9.44. The van der Waals surface area contributed by atoms with E-state index >= 15 is 0 Å². The summed E-state index contributed by atoms with van der Waals surface area (Å²) >= 11 is 6.79. The number of hydrogen-bond acceptors (Lipinski definition) is 7. The van der Waals surface area contributed by atoms with Crippen LogP contribution in [0, 0.1) is 28.0 Å². The summed E-state index contributed by atoms with van der Waals surface area (Å²) in [4.78, 5) is 24.1. The van der Waals surface area contributed by atoms with Crippen LogP contribution in [0.3, 0.4) is 0 Å². The normalized spacial score (nSPS) is 15.2. The molecule has 0 fully saturated rings. The summed E-state index contributed by atoms with van der Waals surface area (Å²) in [6.07, 6.45) is 2.66. The molecule has 8 heteroatoms. The van der Waals surface area contributed by atoms with Crippen molar-refractivity contribution in [1.82, 2.24) is 0 Å². The first-order chi connectivity index (χ1) is 14.9. The smallest absolute Gasteiger partial charge is 0.336 e. The van der Waals surface area contributed by atoms with E-state index in [9.17, 15) is 14.9 Å². The molecule has 1 aromatic carbocycles. The van der Waals surface area contributed by atoms with Gasteiger partial charge in [-0.05, 0) is 60.9 Å². The van der Waals surface area contributed by atoms with E-state index in [0.29, 0.717) is 27.8 Å². The van der Waals surface area contributed by atoms with E-state index in [0.717, 1.165) is 45.2 Å². The monoisotopic (exact) mass is 452 g/mol. The number of rotatable bonds is 4. The van der Waals surface area contributed by atoms with E-state index < -0.39 is 11.5 Å². The molecule has 4 rings (SSSR count). The summed E-state index contributed by atoms with van der Waals surface area (Å²) in [5.74, 6) is 0.554. The molecule has 1 aliphatic carbocycles. The average molecular weight is 453 g/mol. The Hall–Kier alpha value is -3.02. The van der Waals surface area contributed by atoms with Crippen molar-refractivity contribution < 1.29 is 13.9 Å². The van der Waals surface area contributed by atoms with Gasteiger partial charge in [-0.25, -0.2) is 4.79 Å². The van der Waals surface area contributed by atoms with Crippen molar-refractivity contribution in [3.8, 4) is 11.8 Å². The minimum atomic E-state index is -0.438. The summed E-state index contributed by atoms with van der Waals surface area (Å²) < 4.78 is 11.5. The van der Waals surface area contributed by atoms with Crippen LogP contribution in [-0.2, 0) is 17.6 Å². The molecule has 3 aromatic rings. The minimum absolute atomic E-state index is 0.250. The third-order valence-electron chi connectivity index (χ3n) is 5.43. The van der Waals surface area contributed by atoms with Gasteiger partial charge in [0.2, 0.25) is 0 Å². The van der Waals surface area contributed by atoms with Crippen LogP contribution in [0.25, 0.3) is 11.0 Å². The summed E-state index contributed by atoms with van der Waals surface area (Å²) in [6, 6.07) is 8.75. The molecule has 2 aromatic heterocycles. The number of nitriles is 1. The lowest BCUT2D eigenvalue weighted by molar-refractivity contribution is -0.118. The predicted octanol–water partition coefficient (Wildman–Crippen LogP) is 4.91. The average Bonchev–Trinajstić information content (AvgIpc) is 2.72. The topological polar surface area (TPSA) is 92.3 Å². The molecule has 1 amide bonds. The maximum absolute atomic E-state index is 12.5. The molecule has 0 aliphatic heterocycles. The molecule has 0 saturated carbocycles. The van der Waals surface area contributed by atoms with E-state index in [4.69, 9.17) is 21.4 Å². The van der Waals surface area contributed by atoms with Crippen molar-refractivity contribution in [2.24, 2.45) is 5.92 Å². The molecule has 0 radical (unpaired) electrons. The van der Waals surface area contributed by atoms with E-state index in [2.05, 4.69) is 18.3 Å². The van der Waals surface area contributed by atoms with E-state index in [1.54, 1.807) is 18.2 Å². The number of carbonyl (C=O) groups excluding carboxylic acids is 1. The van der Waals surface area contributed by atoms with Crippen LogP contribution in [0.5, 0.6) is 5.75 Å². The molecule has 0 bridgehead atoms. The zero-order valence-corrected chi connectivity index (χ0v) is 18.7. The minimum Gasteiger partial charge on any atom is -0.484 e. The third-order valence-corrected chi connectivity index (χ3v) is 6.87. The fourth-order valence-corrected chi connectivity index (χ4v) is 5.26. The standard InChI is InChI=1S/C23H20N2O4S2/c1-12-3-5-16-17(7-12)23(30)31-22(18(16)10-24)25-20(26)11-28-14-4-6-15-13(2)8-21(27)29-19(15)9-14/h4,6,8-9,12H,3,5,7,11H2,1-2H3,(H,25,26). The van der Waals surface area contributed by atoms with E-state index in [1.807, 2.05) is 6.92 Å². The first kappa shape index (κ1) is 21.2. The Balaban J connectivity index is 1.51. The maximum atomic E-state index is 12.5. The Bertz CT molecular complexity index is 1350. The van der Waals surface area contributed by atoms with Crippen molar-refractivity contribution in [3.63, 3.8) is 0 Å². The van der Waals surface area contributed by atoms with Gasteiger partial charge in [-0.2, -0.15) is 5.26 Å². The number of anilines is 1. The van der Waals surface area contributed by atoms with Crippen LogP contribution in [0.15, 0.2) is 33.5 Å². The van der Waals surface area contributed by atoms with Gasteiger partial charge < -0.3 is 14.5 Å².